The van der Waals surface area contributed by atoms with E-state index in [1.807, 2.05) is 19.2 Å². The van der Waals surface area contributed by atoms with Gasteiger partial charge < -0.3 is 19.5 Å². The number of fused-ring (bicyclic) bond motifs is 1. The molecule has 0 amide bonds. The number of hydrogen-bond acceptors (Lipinski definition) is 7. The van der Waals surface area contributed by atoms with Crippen LogP contribution in [0, 0.1) is 5.92 Å². The van der Waals surface area contributed by atoms with E-state index < -0.39 is 0 Å². The Bertz CT molecular complexity index is 1230. The fourth-order valence-corrected chi connectivity index (χ4v) is 8.20. The molecule has 178 valence electrons. The number of ether oxygens (including phenoxy) is 1. The number of rotatable bonds is 5. The maximum absolute atomic E-state index is 5.61. The first-order valence-corrected chi connectivity index (χ1v) is 14.5. The zero-order chi connectivity index (χ0) is 22.9. The van der Waals surface area contributed by atoms with Gasteiger partial charge in [0.1, 0.15) is 5.82 Å². The van der Waals surface area contributed by atoms with Crippen LogP contribution in [0.15, 0.2) is 36.7 Å². The number of morpholine rings is 1. The van der Waals surface area contributed by atoms with Gasteiger partial charge in [-0.1, -0.05) is 6.08 Å². The van der Waals surface area contributed by atoms with Gasteiger partial charge in [-0.2, -0.15) is 0 Å². The second kappa shape index (κ2) is 9.79. The summed E-state index contributed by atoms with van der Waals surface area (Å²) in [6.07, 6.45) is 12.3. The van der Waals surface area contributed by atoms with E-state index in [2.05, 4.69) is 31.9 Å². The first-order chi connectivity index (χ1) is 16.8. The summed E-state index contributed by atoms with van der Waals surface area (Å²) in [7, 11) is 2.05. The fraction of sp³-hybridized carbons (Fsp3) is 0.480. The molecular weight excluding hydrogens is 541 g/mol. The lowest BCUT2D eigenvalue weighted by molar-refractivity contribution is 0.122. The van der Waals surface area contributed by atoms with Crippen LogP contribution in [-0.2, 0) is 11.8 Å². The van der Waals surface area contributed by atoms with Crippen LogP contribution in [0.2, 0.25) is 0 Å². The van der Waals surface area contributed by atoms with Crippen molar-refractivity contribution in [3.63, 3.8) is 0 Å². The van der Waals surface area contributed by atoms with E-state index in [9.17, 15) is 0 Å². The normalized spacial score (nSPS) is 23.2. The number of allylic oxidation sites excluding steroid dienone is 2. The summed E-state index contributed by atoms with van der Waals surface area (Å²) < 4.78 is 9.74. The lowest BCUT2D eigenvalue weighted by Gasteiger charge is -2.28. The van der Waals surface area contributed by atoms with Crippen molar-refractivity contribution in [1.29, 1.82) is 0 Å². The van der Waals surface area contributed by atoms with Crippen LogP contribution < -0.4 is 10.2 Å². The minimum atomic E-state index is -0.159. The molecule has 2 fully saturated rings. The highest BCUT2D eigenvalue weighted by molar-refractivity contribution is 14.2. The van der Waals surface area contributed by atoms with Gasteiger partial charge in [0.05, 0.1) is 13.2 Å². The lowest BCUT2D eigenvalue weighted by atomic mass is 9.94. The Kier molecular flexibility index (Phi) is 6.40. The monoisotopic (exact) mass is 571 g/mol. The number of hydrogen-bond donors (Lipinski definition) is 1. The summed E-state index contributed by atoms with van der Waals surface area (Å²) in [6, 6.07) is 3.99. The summed E-state index contributed by atoms with van der Waals surface area (Å²) in [4.78, 5) is 21.7. The largest absolute Gasteiger partial charge is 0.378 e. The molecule has 0 aromatic carbocycles. The molecule has 3 aliphatic rings. The average molecular weight is 571 g/mol. The number of nitrogens with zero attached hydrogens (tertiary/aromatic N) is 6. The molecule has 3 aliphatic heterocycles. The van der Waals surface area contributed by atoms with Gasteiger partial charge in [-0.05, 0) is 56.5 Å². The van der Waals surface area contributed by atoms with Crippen LogP contribution in [0.3, 0.4) is 0 Å². The number of piperidine rings is 1. The predicted octanol–water partition coefficient (Wildman–Crippen LogP) is 3.08. The molecule has 1 N–H and O–H groups in total. The Balaban J connectivity index is 1.39. The third kappa shape index (κ3) is 4.40. The summed E-state index contributed by atoms with van der Waals surface area (Å²) in [5.74, 6) is 3.51. The zero-order valence-electron chi connectivity index (χ0n) is 19.5. The average Bonchev–Trinajstić information content (AvgIpc) is 3.50. The number of nitrogens with one attached hydrogen (secondary N) is 1. The second-order valence-electron chi connectivity index (χ2n) is 9.15. The van der Waals surface area contributed by atoms with Crippen molar-refractivity contribution in [3.05, 3.63) is 42.5 Å². The molecule has 2 unspecified atom stereocenters. The first kappa shape index (κ1) is 22.2. The lowest BCUT2D eigenvalue weighted by Crippen LogP contribution is -2.37. The molecule has 3 aromatic heterocycles. The Morgan fingerprint density at radius 2 is 2.00 bits per heavy atom. The van der Waals surface area contributed by atoms with E-state index >= 15 is 0 Å². The molecule has 0 aliphatic carbocycles. The molecule has 34 heavy (non-hydrogen) atoms. The number of aromatic nitrogens is 5. The number of aryl methyl sites for hydroxylation is 1. The van der Waals surface area contributed by atoms with Gasteiger partial charge >= 0.3 is 0 Å². The standard InChI is InChI=1S/C25H30IN7O/c1-32-23(18-6-9-27-10-7-18)29-21-24(32)30-22(31-25(21)33-11-13-34-14-12-33)20-5-4-19(26-20)15-17-3-2-8-28-16-17/h4-7,9-10,17,19,28H,2-3,8,11-16H2,1H3. The maximum Gasteiger partial charge on any atom is 0.169 e. The number of alkyl halides is 1. The van der Waals surface area contributed by atoms with Crippen molar-refractivity contribution in [2.45, 2.75) is 23.2 Å². The number of imidazole rings is 1. The smallest absolute Gasteiger partial charge is 0.169 e. The number of anilines is 1. The van der Waals surface area contributed by atoms with Crippen molar-refractivity contribution in [3.8, 4) is 11.4 Å². The predicted molar refractivity (Wildman–Crippen MR) is 144 cm³/mol. The Morgan fingerprint density at radius 1 is 1.15 bits per heavy atom. The molecule has 0 saturated carbocycles. The van der Waals surface area contributed by atoms with Crippen molar-refractivity contribution >= 4 is 41.2 Å². The van der Waals surface area contributed by atoms with E-state index in [1.54, 1.807) is 12.4 Å². The summed E-state index contributed by atoms with van der Waals surface area (Å²) in [5, 5.41) is 3.56. The Labute approximate surface area is 209 Å². The van der Waals surface area contributed by atoms with Gasteiger partial charge in [0.2, 0.25) is 0 Å². The quantitative estimate of drug-likeness (QED) is 0.373. The van der Waals surface area contributed by atoms with E-state index in [4.69, 9.17) is 19.7 Å². The molecule has 3 aromatic rings. The Hall–Kier alpha value is -2.24. The van der Waals surface area contributed by atoms with Crippen LogP contribution in [0.5, 0.6) is 0 Å². The topological polar surface area (TPSA) is 81.0 Å². The van der Waals surface area contributed by atoms with Crippen molar-refractivity contribution in [2.75, 3.05) is 44.3 Å². The molecule has 8 nitrogen and oxygen atoms in total. The van der Waals surface area contributed by atoms with Crippen LogP contribution in [-0.4, -0.2) is 71.3 Å². The minimum Gasteiger partial charge on any atom is -0.378 e. The molecule has 9 heteroatoms. The minimum absolute atomic E-state index is 0.159. The van der Waals surface area contributed by atoms with Gasteiger partial charge in [-0.3, -0.25) is 4.98 Å². The third-order valence-corrected chi connectivity index (χ3v) is 10.1. The molecule has 6 rings (SSSR count). The highest BCUT2D eigenvalue weighted by Gasteiger charge is 2.25. The highest BCUT2D eigenvalue weighted by Crippen LogP contribution is 2.33. The van der Waals surface area contributed by atoms with Crippen molar-refractivity contribution in [2.24, 2.45) is 13.0 Å². The molecule has 0 spiro atoms. The molecule has 2 atom stereocenters. The highest BCUT2D eigenvalue weighted by atomic mass is 127. The van der Waals surface area contributed by atoms with Crippen LogP contribution in [0.25, 0.3) is 22.6 Å². The molecule has 6 heterocycles. The van der Waals surface area contributed by atoms with Gasteiger partial charge in [-0.25, -0.2) is 15.0 Å². The number of halogens is 1. The first-order valence-electron chi connectivity index (χ1n) is 12.1. The molecule has 2 saturated heterocycles. The molecule has 0 radical (unpaired) electrons. The maximum atomic E-state index is 5.61. The van der Waals surface area contributed by atoms with E-state index in [0.717, 1.165) is 53.2 Å². The van der Waals surface area contributed by atoms with E-state index in [0.29, 0.717) is 17.1 Å². The molecule has 0 bridgehead atoms. The Morgan fingerprint density at radius 3 is 2.79 bits per heavy atom. The zero-order valence-corrected chi connectivity index (χ0v) is 21.6. The second-order valence-corrected chi connectivity index (χ2v) is 12.5. The van der Waals surface area contributed by atoms with Crippen LogP contribution >= 0.6 is 20.7 Å². The molecular formula is C25H30IN7O. The van der Waals surface area contributed by atoms with E-state index in [-0.39, 0.29) is 20.7 Å². The summed E-state index contributed by atoms with van der Waals surface area (Å²) in [5.41, 5.74) is 2.79. The van der Waals surface area contributed by atoms with Gasteiger partial charge in [0, 0.05) is 45.5 Å². The van der Waals surface area contributed by atoms with Gasteiger partial charge in [0.15, 0.2) is 22.8 Å². The summed E-state index contributed by atoms with van der Waals surface area (Å²) >= 11 is -0.159. The summed E-state index contributed by atoms with van der Waals surface area (Å²) in [6.45, 7) is 5.42. The van der Waals surface area contributed by atoms with Crippen molar-refractivity contribution in [1.82, 2.24) is 29.8 Å². The van der Waals surface area contributed by atoms with Crippen LogP contribution in [0.1, 0.15) is 25.1 Å². The fourth-order valence-electron chi connectivity index (χ4n) is 5.01. The number of pyridine rings is 1. The van der Waals surface area contributed by atoms with Crippen molar-refractivity contribution < 1.29 is 4.74 Å². The van der Waals surface area contributed by atoms with Gasteiger partial charge in [0.25, 0.3) is 0 Å². The van der Waals surface area contributed by atoms with Crippen LogP contribution in [0.4, 0.5) is 5.82 Å². The van der Waals surface area contributed by atoms with E-state index in [1.165, 1.54) is 35.9 Å². The van der Waals surface area contributed by atoms with Gasteiger partial charge in [-0.15, -0.1) is 20.7 Å². The SMILES string of the molecule is Cn1c(-c2ccncc2)nc2c(N3CCOCC3)nc(C3=IC(CC4CCCNC4)C=C3)nc21. The third-order valence-electron chi connectivity index (χ3n) is 6.83.